The van der Waals surface area contributed by atoms with Gasteiger partial charge in [0.15, 0.2) is 5.52 Å². The second-order valence-corrected chi connectivity index (χ2v) is 7.95. The zero-order valence-corrected chi connectivity index (χ0v) is 16.8. The topological polar surface area (TPSA) is 35.5 Å². The van der Waals surface area contributed by atoms with Gasteiger partial charge in [-0.05, 0) is 73.4 Å². The predicted octanol–water partition coefficient (Wildman–Crippen LogP) is 5.02. The van der Waals surface area contributed by atoms with Crippen LogP contribution in [0, 0.1) is 13.8 Å². The van der Waals surface area contributed by atoms with E-state index in [-0.39, 0.29) is 26.3 Å². The smallest absolute Gasteiger partial charge is 0.186 e. The molecule has 0 heterocycles. The SMILES string of the molecule is Cc1cccc(C)c1C(=O)Pc1ccc(OC(C)C)cc1OC(C)C. The molecule has 0 amide bonds. The van der Waals surface area contributed by atoms with Crippen LogP contribution < -0.4 is 14.8 Å². The lowest BCUT2D eigenvalue weighted by Crippen LogP contribution is -2.14. The minimum absolute atomic E-state index is 0.0197. The van der Waals surface area contributed by atoms with Crippen LogP contribution >= 0.6 is 8.58 Å². The molecule has 0 saturated heterocycles. The lowest BCUT2D eigenvalue weighted by molar-refractivity contribution is 0.108. The highest BCUT2D eigenvalue weighted by atomic mass is 31.1. The van der Waals surface area contributed by atoms with E-state index in [2.05, 4.69) is 0 Å². The summed E-state index contributed by atoms with van der Waals surface area (Å²) in [5.74, 6) is 1.49. The number of hydrogen-bond donors (Lipinski definition) is 0. The number of hydrogen-bond acceptors (Lipinski definition) is 3. The molecule has 0 aliphatic carbocycles. The molecule has 0 radical (unpaired) electrons. The van der Waals surface area contributed by atoms with Crippen molar-refractivity contribution < 1.29 is 14.3 Å². The van der Waals surface area contributed by atoms with Crippen LogP contribution in [0.5, 0.6) is 11.5 Å². The standard InChI is InChI=1S/C21H27O3P/c1-13(2)23-17-10-11-19(18(12-17)24-14(3)4)25-21(22)20-15(5)8-7-9-16(20)6/h7-14,25H,1-6H3. The minimum atomic E-state index is 0.0197. The second-order valence-electron chi connectivity index (χ2n) is 6.71. The predicted molar refractivity (Wildman–Crippen MR) is 106 cm³/mol. The van der Waals surface area contributed by atoms with E-state index in [4.69, 9.17) is 9.47 Å². The number of carbonyl (C=O) groups excluding carboxylic acids is 1. The molecule has 0 spiro atoms. The largest absolute Gasteiger partial charge is 0.491 e. The Hall–Kier alpha value is -1.86. The van der Waals surface area contributed by atoms with Crippen LogP contribution in [0.25, 0.3) is 0 Å². The van der Waals surface area contributed by atoms with Crippen LogP contribution in [0.2, 0.25) is 0 Å². The molecule has 2 aromatic carbocycles. The molecular weight excluding hydrogens is 331 g/mol. The Morgan fingerprint density at radius 1 is 0.920 bits per heavy atom. The fraction of sp³-hybridized carbons (Fsp3) is 0.381. The summed E-state index contributed by atoms with van der Waals surface area (Å²) in [4.78, 5) is 12.9. The van der Waals surface area contributed by atoms with E-state index in [9.17, 15) is 4.79 Å². The molecular formula is C21H27O3P. The van der Waals surface area contributed by atoms with Crippen molar-refractivity contribution in [1.29, 1.82) is 0 Å². The third-order valence-corrected chi connectivity index (χ3v) is 4.80. The van der Waals surface area contributed by atoms with Gasteiger partial charge in [0.05, 0.1) is 12.2 Å². The Labute approximate surface area is 152 Å². The van der Waals surface area contributed by atoms with E-state index in [0.717, 1.165) is 33.5 Å². The average Bonchev–Trinajstić information content (AvgIpc) is 2.48. The van der Waals surface area contributed by atoms with Crippen molar-refractivity contribution in [2.45, 2.75) is 53.8 Å². The monoisotopic (exact) mass is 358 g/mol. The van der Waals surface area contributed by atoms with Gasteiger partial charge in [0.25, 0.3) is 0 Å². The van der Waals surface area contributed by atoms with Crippen LogP contribution in [0.15, 0.2) is 36.4 Å². The fourth-order valence-corrected chi connectivity index (χ4v) is 3.85. The maximum atomic E-state index is 12.9. The second kappa shape index (κ2) is 8.49. The van der Waals surface area contributed by atoms with Crippen molar-refractivity contribution in [2.24, 2.45) is 0 Å². The van der Waals surface area contributed by atoms with Gasteiger partial charge in [-0.1, -0.05) is 18.2 Å². The van der Waals surface area contributed by atoms with E-state index in [1.807, 2.05) is 77.9 Å². The number of benzene rings is 2. The number of aryl methyl sites for hydroxylation is 2. The van der Waals surface area contributed by atoms with E-state index < -0.39 is 0 Å². The van der Waals surface area contributed by atoms with Crippen molar-refractivity contribution in [1.82, 2.24) is 0 Å². The van der Waals surface area contributed by atoms with Gasteiger partial charge in [0.2, 0.25) is 0 Å². The van der Waals surface area contributed by atoms with Crippen molar-refractivity contribution in [2.75, 3.05) is 0 Å². The lowest BCUT2D eigenvalue weighted by atomic mass is 10.0. The normalized spacial score (nSPS) is 11.5. The minimum Gasteiger partial charge on any atom is -0.491 e. The lowest BCUT2D eigenvalue weighted by Gasteiger charge is -2.17. The maximum Gasteiger partial charge on any atom is 0.186 e. The van der Waals surface area contributed by atoms with Crippen molar-refractivity contribution >= 4 is 19.4 Å². The molecule has 0 bridgehead atoms. The Morgan fingerprint density at radius 2 is 1.52 bits per heavy atom. The van der Waals surface area contributed by atoms with Crippen LogP contribution in [-0.2, 0) is 0 Å². The van der Waals surface area contributed by atoms with Crippen molar-refractivity contribution in [3.8, 4) is 11.5 Å². The zero-order valence-electron chi connectivity index (χ0n) is 15.8. The Balaban J connectivity index is 2.32. The molecule has 0 aromatic heterocycles. The fourth-order valence-electron chi connectivity index (χ4n) is 2.66. The Kier molecular flexibility index (Phi) is 6.61. The van der Waals surface area contributed by atoms with Gasteiger partial charge in [0.1, 0.15) is 11.5 Å². The zero-order chi connectivity index (χ0) is 18.6. The van der Waals surface area contributed by atoms with E-state index in [1.165, 1.54) is 0 Å². The molecule has 1 unspecified atom stereocenters. The van der Waals surface area contributed by atoms with Gasteiger partial charge < -0.3 is 9.47 Å². The molecule has 0 saturated carbocycles. The molecule has 0 N–H and O–H groups in total. The Morgan fingerprint density at radius 3 is 2.08 bits per heavy atom. The van der Waals surface area contributed by atoms with Gasteiger partial charge in [-0.25, -0.2) is 0 Å². The van der Waals surface area contributed by atoms with Crippen molar-refractivity contribution in [3.05, 3.63) is 53.1 Å². The Bertz CT molecular complexity index is 731. The first-order valence-corrected chi connectivity index (χ1v) is 9.63. The highest BCUT2D eigenvalue weighted by Crippen LogP contribution is 2.30. The van der Waals surface area contributed by atoms with Crippen LogP contribution in [0.3, 0.4) is 0 Å². The first-order chi connectivity index (χ1) is 11.8. The van der Waals surface area contributed by atoms with Gasteiger partial charge in [-0.2, -0.15) is 0 Å². The summed E-state index contributed by atoms with van der Waals surface area (Å²) in [6, 6.07) is 11.7. The summed E-state index contributed by atoms with van der Waals surface area (Å²) >= 11 is 0. The van der Waals surface area contributed by atoms with Crippen LogP contribution in [-0.4, -0.2) is 17.7 Å². The van der Waals surface area contributed by atoms with Crippen molar-refractivity contribution in [3.63, 3.8) is 0 Å². The first kappa shape index (κ1) is 19.5. The molecule has 2 rings (SSSR count). The highest BCUT2D eigenvalue weighted by Gasteiger charge is 2.16. The van der Waals surface area contributed by atoms with Gasteiger partial charge in [-0.15, -0.1) is 0 Å². The number of ether oxygens (including phenoxy) is 2. The maximum absolute atomic E-state index is 12.9. The molecule has 25 heavy (non-hydrogen) atoms. The average molecular weight is 358 g/mol. The van der Waals surface area contributed by atoms with E-state index >= 15 is 0 Å². The van der Waals surface area contributed by atoms with E-state index in [1.54, 1.807) is 0 Å². The van der Waals surface area contributed by atoms with E-state index in [0.29, 0.717) is 0 Å². The highest BCUT2D eigenvalue weighted by molar-refractivity contribution is 7.66. The molecule has 0 fully saturated rings. The van der Waals surface area contributed by atoms with Gasteiger partial charge >= 0.3 is 0 Å². The van der Waals surface area contributed by atoms with Crippen LogP contribution in [0.4, 0.5) is 0 Å². The summed E-state index contributed by atoms with van der Waals surface area (Å²) in [6.07, 6.45) is 0.129. The molecule has 1 atom stereocenters. The first-order valence-electron chi connectivity index (χ1n) is 8.63. The number of rotatable bonds is 7. The quantitative estimate of drug-likeness (QED) is 0.652. The van der Waals surface area contributed by atoms with Crippen LogP contribution in [0.1, 0.15) is 49.2 Å². The third-order valence-electron chi connectivity index (χ3n) is 3.64. The van der Waals surface area contributed by atoms with Gasteiger partial charge in [-0.3, -0.25) is 4.79 Å². The number of carbonyl (C=O) groups is 1. The third kappa shape index (κ3) is 5.31. The molecule has 4 heteroatoms. The summed E-state index contributed by atoms with van der Waals surface area (Å²) in [5.41, 5.74) is 2.99. The molecule has 134 valence electrons. The summed E-state index contributed by atoms with van der Waals surface area (Å²) in [6.45, 7) is 11.9. The summed E-state index contributed by atoms with van der Waals surface area (Å²) < 4.78 is 11.7. The van der Waals surface area contributed by atoms with Gasteiger partial charge in [0, 0.05) is 16.9 Å². The molecule has 2 aromatic rings. The molecule has 3 nitrogen and oxygen atoms in total. The molecule has 0 aliphatic rings. The molecule has 0 aliphatic heterocycles. The summed E-state index contributed by atoms with van der Waals surface area (Å²) in [7, 11) is 0.0197. The summed E-state index contributed by atoms with van der Waals surface area (Å²) in [5, 5.41) is 0.914.